The van der Waals surface area contributed by atoms with Crippen LogP contribution in [0.5, 0.6) is 0 Å². The van der Waals surface area contributed by atoms with Gasteiger partial charge < -0.3 is 20.7 Å². The van der Waals surface area contributed by atoms with E-state index >= 15 is 0 Å². The van der Waals surface area contributed by atoms with E-state index in [-0.39, 0.29) is 6.61 Å². The molecule has 1 aromatic heterocycles. The second-order valence-electron chi connectivity index (χ2n) is 4.71. The summed E-state index contributed by atoms with van der Waals surface area (Å²) < 4.78 is 0. The summed E-state index contributed by atoms with van der Waals surface area (Å²) in [5, 5.41) is 16.9. The van der Waals surface area contributed by atoms with Crippen LogP contribution in [0.1, 0.15) is 5.56 Å². The third-order valence-electron chi connectivity index (χ3n) is 3.21. The third-order valence-corrected chi connectivity index (χ3v) is 3.41. The number of hydrogen-bond donors (Lipinski definition) is 4. The monoisotopic (exact) mass is 297 g/mol. The van der Waals surface area contributed by atoms with E-state index in [1.807, 2.05) is 54.7 Å². The highest BCUT2D eigenvalue weighted by Gasteiger charge is 2.01. The van der Waals surface area contributed by atoms with E-state index in [2.05, 4.69) is 15.6 Å². The lowest BCUT2D eigenvalue weighted by Gasteiger charge is -2.11. The van der Waals surface area contributed by atoms with Gasteiger partial charge in [0.2, 0.25) is 0 Å². The highest BCUT2D eigenvalue weighted by atomic mass is 32.1. The number of thiocarbonyl (C=S) groups is 1. The molecule has 0 aliphatic heterocycles. The van der Waals surface area contributed by atoms with E-state index in [1.54, 1.807) is 0 Å². The van der Waals surface area contributed by atoms with Crippen molar-refractivity contribution >= 4 is 39.6 Å². The molecule has 0 radical (unpaired) electrons. The van der Waals surface area contributed by atoms with Crippen molar-refractivity contribution in [1.29, 1.82) is 0 Å². The minimum absolute atomic E-state index is 0.0413. The molecule has 0 bridgehead atoms. The first-order chi connectivity index (χ1) is 10.2. The minimum atomic E-state index is 0.0413. The maximum absolute atomic E-state index is 9.01. The van der Waals surface area contributed by atoms with Gasteiger partial charge in [-0.2, -0.15) is 0 Å². The number of H-pyrrole nitrogens is 1. The SMILES string of the molecule is OCc1ccc(NC(=S)Nc2ccc3[nH]ccc3c2)cc1. The summed E-state index contributed by atoms with van der Waals surface area (Å²) in [7, 11) is 0. The Morgan fingerprint density at radius 2 is 1.71 bits per heavy atom. The maximum Gasteiger partial charge on any atom is 0.175 e. The fourth-order valence-corrected chi connectivity index (χ4v) is 2.35. The number of aliphatic hydroxyl groups excluding tert-OH is 1. The Labute approximate surface area is 127 Å². The van der Waals surface area contributed by atoms with Crippen molar-refractivity contribution < 1.29 is 5.11 Å². The lowest BCUT2D eigenvalue weighted by molar-refractivity contribution is 0.282. The normalized spacial score (nSPS) is 10.5. The number of benzene rings is 2. The maximum atomic E-state index is 9.01. The molecule has 0 saturated carbocycles. The highest BCUT2D eigenvalue weighted by Crippen LogP contribution is 2.18. The van der Waals surface area contributed by atoms with Crippen LogP contribution < -0.4 is 10.6 Å². The van der Waals surface area contributed by atoms with Crippen molar-refractivity contribution in [3.63, 3.8) is 0 Å². The second-order valence-corrected chi connectivity index (χ2v) is 5.12. The van der Waals surface area contributed by atoms with Crippen molar-refractivity contribution in [3.8, 4) is 0 Å². The topological polar surface area (TPSA) is 60.1 Å². The van der Waals surface area contributed by atoms with E-state index in [4.69, 9.17) is 17.3 Å². The van der Waals surface area contributed by atoms with Crippen LogP contribution in [0.15, 0.2) is 54.7 Å². The molecule has 0 atom stereocenters. The van der Waals surface area contributed by atoms with Gasteiger partial charge in [0, 0.05) is 28.5 Å². The molecular formula is C16H15N3OS. The molecule has 2 aromatic carbocycles. The number of fused-ring (bicyclic) bond motifs is 1. The number of aliphatic hydroxyl groups is 1. The van der Waals surface area contributed by atoms with Crippen LogP contribution in [0.25, 0.3) is 10.9 Å². The van der Waals surface area contributed by atoms with E-state index in [0.29, 0.717) is 5.11 Å². The Bertz CT molecular complexity index is 765. The van der Waals surface area contributed by atoms with Crippen molar-refractivity contribution in [2.75, 3.05) is 10.6 Å². The van der Waals surface area contributed by atoms with Crippen LogP contribution in [0.2, 0.25) is 0 Å². The zero-order chi connectivity index (χ0) is 14.7. The first-order valence-electron chi connectivity index (χ1n) is 6.59. The first kappa shape index (κ1) is 13.6. The van der Waals surface area contributed by atoms with Crippen LogP contribution in [-0.2, 0) is 6.61 Å². The van der Waals surface area contributed by atoms with E-state index in [0.717, 1.165) is 27.8 Å². The summed E-state index contributed by atoms with van der Waals surface area (Å²) in [5.41, 5.74) is 3.79. The standard InChI is InChI=1S/C16H15N3OS/c20-10-11-1-3-13(4-2-11)18-16(21)19-14-5-6-15-12(9-14)7-8-17-15/h1-9,17,20H,10H2,(H2,18,19,21). The minimum Gasteiger partial charge on any atom is -0.392 e. The number of aromatic amines is 1. The average molecular weight is 297 g/mol. The van der Waals surface area contributed by atoms with Gasteiger partial charge in [-0.15, -0.1) is 0 Å². The third kappa shape index (κ3) is 3.21. The molecule has 0 saturated heterocycles. The molecule has 0 fully saturated rings. The molecule has 4 nitrogen and oxygen atoms in total. The molecule has 0 amide bonds. The Morgan fingerprint density at radius 3 is 2.48 bits per heavy atom. The van der Waals surface area contributed by atoms with Gasteiger partial charge in [0.25, 0.3) is 0 Å². The molecule has 3 aromatic rings. The predicted molar refractivity (Wildman–Crippen MR) is 90.5 cm³/mol. The molecule has 3 rings (SSSR count). The first-order valence-corrected chi connectivity index (χ1v) is 7.00. The Kier molecular flexibility index (Phi) is 3.85. The van der Waals surface area contributed by atoms with Crippen molar-refractivity contribution in [2.24, 2.45) is 0 Å². The van der Waals surface area contributed by atoms with Crippen LogP contribution >= 0.6 is 12.2 Å². The van der Waals surface area contributed by atoms with Gasteiger partial charge >= 0.3 is 0 Å². The fourth-order valence-electron chi connectivity index (χ4n) is 2.12. The number of hydrogen-bond acceptors (Lipinski definition) is 2. The summed E-state index contributed by atoms with van der Waals surface area (Å²) in [6, 6.07) is 15.5. The molecule has 1 heterocycles. The van der Waals surface area contributed by atoms with Gasteiger partial charge in [0.1, 0.15) is 0 Å². The van der Waals surface area contributed by atoms with Gasteiger partial charge in [-0.3, -0.25) is 0 Å². The zero-order valence-electron chi connectivity index (χ0n) is 11.3. The van der Waals surface area contributed by atoms with Gasteiger partial charge in [-0.05, 0) is 54.2 Å². The Balaban J connectivity index is 1.67. The second kappa shape index (κ2) is 5.95. The molecule has 0 aliphatic rings. The molecule has 5 heteroatoms. The van der Waals surface area contributed by atoms with Crippen LogP contribution in [-0.4, -0.2) is 15.2 Å². The van der Waals surface area contributed by atoms with Gasteiger partial charge in [0.05, 0.1) is 6.61 Å². The lowest BCUT2D eigenvalue weighted by Crippen LogP contribution is -2.18. The quantitative estimate of drug-likeness (QED) is 0.559. The van der Waals surface area contributed by atoms with E-state index < -0.39 is 0 Å². The number of nitrogens with one attached hydrogen (secondary N) is 3. The largest absolute Gasteiger partial charge is 0.392 e. The van der Waals surface area contributed by atoms with Crippen molar-refractivity contribution in [1.82, 2.24) is 4.98 Å². The number of anilines is 2. The van der Waals surface area contributed by atoms with Crippen molar-refractivity contribution in [2.45, 2.75) is 6.61 Å². The fraction of sp³-hybridized carbons (Fsp3) is 0.0625. The zero-order valence-corrected chi connectivity index (χ0v) is 12.1. The molecule has 21 heavy (non-hydrogen) atoms. The van der Waals surface area contributed by atoms with Gasteiger partial charge in [-0.25, -0.2) is 0 Å². The van der Waals surface area contributed by atoms with Gasteiger partial charge in [0.15, 0.2) is 5.11 Å². The molecule has 0 unspecified atom stereocenters. The lowest BCUT2D eigenvalue weighted by atomic mass is 10.2. The summed E-state index contributed by atoms with van der Waals surface area (Å²) in [6.07, 6.45) is 1.91. The summed E-state index contributed by atoms with van der Waals surface area (Å²) >= 11 is 5.30. The number of rotatable bonds is 3. The molecule has 4 N–H and O–H groups in total. The Morgan fingerprint density at radius 1 is 1.00 bits per heavy atom. The van der Waals surface area contributed by atoms with E-state index in [9.17, 15) is 0 Å². The smallest absolute Gasteiger partial charge is 0.175 e. The molecular weight excluding hydrogens is 282 g/mol. The Hall–Kier alpha value is -2.37. The number of aromatic nitrogens is 1. The van der Waals surface area contributed by atoms with Crippen LogP contribution in [0, 0.1) is 0 Å². The summed E-state index contributed by atoms with van der Waals surface area (Å²) in [6.45, 7) is 0.0413. The summed E-state index contributed by atoms with van der Waals surface area (Å²) in [5.74, 6) is 0. The molecule has 106 valence electrons. The van der Waals surface area contributed by atoms with E-state index in [1.165, 1.54) is 0 Å². The average Bonchev–Trinajstić information content (AvgIpc) is 2.95. The van der Waals surface area contributed by atoms with Crippen LogP contribution in [0.4, 0.5) is 11.4 Å². The van der Waals surface area contributed by atoms with Crippen LogP contribution in [0.3, 0.4) is 0 Å². The van der Waals surface area contributed by atoms with Gasteiger partial charge in [-0.1, -0.05) is 12.1 Å². The molecule has 0 aliphatic carbocycles. The highest BCUT2D eigenvalue weighted by molar-refractivity contribution is 7.80. The predicted octanol–water partition coefficient (Wildman–Crippen LogP) is 3.47. The molecule has 0 spiro atoms. The summed E-state index contributed by atoms with van der Waals surface area (Å²) in [4.78, 5) is 3.15. The van der Waals surface area contributed by atoms with Crippen molar-refractivity contribution in [3.05, 3.63) is 60.3 Å².